The Hall–Kier alpha value is -3.41. The molecule has 0 bridgehead atoms. The first-order valence-electron chi connectivity index (χ1n) is 8.86. The van der Waals surface area contributed by atoms with Gasteiger partial charge in [0.15, 0.2) is 5.82 Å². The van der Waals surface area contributed by atoms with Gasteiger partial charge in [0.25, 0.3) is 11.8 Å². The molecule has 2 amide bonds. The number of aromatic nitrogens is 1. The van der Waals surface area contributed by atoms with Crippen LogP contribution in [0.2, 0.25) is 0 Å². The number of amides is 2. The fourth-order valence-corrected chi connectivity index (χ4v) is 3.31. The largest absolute Gasteiger partial charge is 0.360 e. The van der Waals surface area contributed by atoms with E-state index in [-0.39, 0.29) is 11.8 Å². The van der Waals surface area contributed by atoms with E-state index >= 15 is 0 Å². The summed E-state index contributed by atoms with van der Waals surface area (Å²) in [7, 11) is 0. The molecule has 1 N–H and O–H groups in total. The van der Waals surface area contributed by atoms with E-state index in [0.717, 1.165) is 18.5 Å². The number of carbonyl (C=O) groups excluding carboxylic acids is 2. The molecular formula is C21H19N3O3. The lowest BCUT2D eigenvalue weighted by Crippen LogP contribution is -2.35. The van der Waals surface area contributed by atoms with Crippen molar-refractivity contribution in [3.63, 3.8) is 0 Å². The highest BCUT2D eigenvalue weighted by molar-refractivity contribution is 6.09. The van der Waals surface area contributed by atoms with Gasteiger partial charge < -0.3 is 14.7 Å². The maximum absolute atomic E-state index is 13.1. The number of para-hydroxylation sites is 1. The van der Waals surface area contributed by atoms with Crippen molar-refractivity contribution in [2.45, 2.75) is 19.8 Å². The van der Waals surface area contributed by atoms with E-state index in [4.69, 9.17) is 4.52 Å². The molecule has 3 aromatic rings. The van der Waals surface area contributed by atoms with Crippen molar-refractivity contribution in [1.29, 1.82) is 0 Å². The van der Waals surface area contributed by atoms with Gasteiger partial charge in [-0.2, -0.15) is 0 Å². The molecule has 0 saturated carbocycles. The molecule has 0 spiro atoms. The molecule has 27 heavy (non-hydrogen) atoms. The zero-order valence-electron chi connectivity index (χ0n) is 14.9. The number of hydrogen-bond donors (Lipinski definition) is 1. The van der Waals surface area contributed by atoms with Crippen LogP contribution in [0.1, 0.15) is 38.5 Å². The highest BCUT2D eigenvalue weighted by atomic mass is 16.5. The monoisotopic (exact) mass is 361 g/mol. The highest BCUT2D eigenvalue weighted by Crippen LogP contribution is 2.28. The van der Waals surface area contributed by atoms with E-state index in [1.807, 2.05) is 18.2 Å². The van der Waals surface area contributed by atoms with Crippen LogP contribution in [0.3, 0.4) is 0 Å². The van der Waals surface area contributed by atoms with Crippen molar-refractivity contribution in [3.05, 3.63) is 77.0 Å². The third kappa shape index (κ3) is 3.46. The quantitative estimate of drug-likeness (QED) is 0.769. The zero-order valence-corrected chi connectivity index (χ0v) is 14.9. The Balaban J connectivity index is 1.57. The number of hydrogen-bond acceptors (Lipinski definition) is 4. The van der Waals surface area contributed by atoms with Gasteiger partial charge in [0.05, 0.1) is 0 Å². The summed E-state index contributed by atoms with van der Waals surface area (Å²) >= 11 is 0. The predicted octanol–water partition coefficient (Wildman–Crippen LogP) is 3.83. The second-order valence-electron chi connectivity index (χ2n) is 6.55. The molecule has 1 aliphatic rings. The highest BCUT2D eigenvalue weighted by Gasteiger charge is 2.23. The molecule has 0 aliphatic carbocycles. The van der Waals surface area contributed by atoms with Crippen LogP contribution in [-0.2, 0) is 6.42 Å². The van der Waals surface area contributed by atoms with Gasteiger partial charge in [-0.15, -0.1) is 0 Å². The van der Waals surface area contributed by atoms with Crippen molar-refractivity contribution in [3.8, 4) is 0 Å². The van der Waals surface area contributed by atoms with E-state index in [0.29, 0.717) is 29.2 Å². The maximum Gasteiger partial charge on any atom is 0.258 e. The Morgan fingerprint density at radius 3 is 2.70 bits per heavy atom. The lowest BCUT2D eigenvalue weighted by atomic mass is 10.0. The minimum atomic E-state index is -0.336. The summed E-state index contributed by atoms with van der Waals surface area (Å²) in [4.78, 5) is 27.3. The van der Waals surface area contributed by atoms with Crippen LogP contribution in [0.15, 0.2) is 59.1 Å². The smallest absolute Gasteiger partial charge is 0.258 e. The minimum absolute atomic E-state index is 0.103. The van der Waals surface area contributed by atoms with Gasteiger partial charge in [-0.05, 0) is 49.6 Å². The van der Waals surface area contributed by atoms with Gasteiger partial charge in [0, 0.05) is 29.4 Å². The SMILES string of the molecule is Cc1cc(NC(=O)c2cccc(C(=O)N3CCCc4ccccc43)c2)no1. The van der Waals surface area contributed by atoms with Crippen molar-refractivity contribution in [2.24, 2.45) is 0 Å². The molecule has 6 heteroatoms. The molecule has 1 aromatic heterocycles. The molecular weight excluding hydrogens is 342 g/mol. The van der Waals surface area contributed by atoms with E-state index in [1.165, 1.54) is 5.56 Å². The molecule has 2 aromatic carbocycles. The molecule has 6 nitrogen and oxygen atoms in total. The standard InChI is InChI=1S/C21H19N3O3/c1-14-12-19(23-27-14)22-20(25)16-7-4-8-17(13-16)21(26)24-11-5-9-15-6-2-3-10-18(15)24/h2-4,6-8,10,12-13H,5,9,11H2,1H3,(H,22,23,25). The van der Waals surface area contributed by atoms with Gasteiger partial charge in [-0.3, -0.25) is 9.59 Å². The summed E-state index contributed by atoms with van der Waals surface area (Å²) < 4.78 is 4.95. The topological polar surface area (TPSA) is 75.4 Å². The molecule has 136 valence electrons. The molecule has 4 rings (SSSR count). The molecule has 2 heterocycles. The van der Waals surface area contributed by atoms with Gasteiger partial charge >= 0.3 is 0 Å². The third-order valence-corrected chi connectivity index (χ3v) is 4.60. The Labute approximate surface area is 156 Å². The summed E-state index contributed by atoms with van der Waals surface area (Å²) in [5.74, 6) is 0.517. The summed E-state index contributed by atoms with van der Waals surface area (Å²) in [6.07, 6.45) is 1.90. The average molecular weight is 361 g/mol. The first kappa shape index (κ1) is 17.0. The van der Waals surface area contributed by atoms with Crippen LogP contribution in [0.5, 0.6) is 0 Å². The minimum Gasteiger partial charge on any atom is -0.360 e. The first-order chi connectivity index (χ1) is 13.1. The van der Waals surface area contributed by atoms with Gasteiger partial charge in [-0.1, -0.05) is 29.4 Å². The summed E-state index contributed by atoms with van der Waals surface area (Å²) in [5, 5.41) is 6.43. The van der Waals surface area contributed by atoms with Crippen LogP contribution < -0.4 is 10.2 Å². The van der Waals surface area contributed by atoms with Crippen LogP contribution >= 0.6 is 0 Å². The fraction of sp³-hybridized carbons (Fsp3) is 0.190. The van der Waals surface area contributed by atoms with Crippen molar-refractivity contribution in [2.75, 3.05) is 16.8 Å². The van der Waals surface area contributed by atoms with Gasteiger partial charge in [0.2, 0.25) is 0 Å². The molecule has 0 fully saturated rings. The zero-order chi connectivity index (χ0) is 18.8. The third-order valence-electron chi connectivity index (χ3n) is 4.60. The normalized spacial score (nSPS) is 13.1. The van der Waals surface area contributed by atoms with Gasteiger partial charge in [-0.25, -0.2) is 0 Å². The second-order valence-corrected chi connectivity index (χ2v) is 6.55. The van der Waals surface area contributed by atoms with Gasteiger partial charge in [0.1, 0.15) is 5.76 Å². The molecule has 1 aliphatic heterocycles. The number of nitrogens with zero attached hydrogens (tertiary/aromatic N) is 2. The number of nitrogens with one attached hydrogen (secondary N) is 1. The van der Waals surface area contributed by atoms with Crippen molar-refractivity contribution in [1.82, 2.24) is 5.16 Å². The van der Waals surface area contributed by atoms with E-state index in [9.17, 15) is 9.59 Å². The number of fused-ring (bicyclic) bond motifs is 1. The molecule has 0 atom stereocenters. The first-order valence-corrected chi connectivity index (χ1v) is 8.86. The number of benzene rings is 2. The van der Waals surface area contributed by atoms with Crippen molar-refractivity contribution >= 4 is 23.3 Å². The fourth-order valence-electron chi connectivity index (χ4n) is 3.31. The van der Waals surface area contributed by atoms with Crippen LogP contribution in [0.25, 0.3) is 0 Å². The van der Waals surface area contributed by atoms with E-state index in [1.54, 1.807) is 42.2 Å². The lowest BCUT2D eigenvalue weighted by molar-refractivity contribution is 0.0985. The summed E-state index contributed by atoms with van der Waals surface area (Å²) in [6.45, 7) is 2.42. The van der Waals surface area contributed by atoms with Crippen LogP contribution in [0.4, 0.5) is 11.5 Å². The van der Waals surface area contributed by atoms with E-state index < -0.39 is 0 Å². The summed E-state index contributed by atoms with van der Waals surface area (Å²) in [5.41, 5.74) is 3.00. The molecule has 0 saturated heterocycles. The second kappa shape index (κ2) is 7.07. The number of aryl methyl sites for hydroxylation is 2. The Kier molecular flexibility index (Phi) is 4.46. The lowest BCUT2D eigenvalue weighted by Gasteiger charge is -2.29. The van der Waals surface area contributed by atoms with Crippen molar-refractivity contribution < 1.29 is 14.1 Å². The maximum atomic E-state index is 13.1. The molecule has 0 radical (unpaired) electrons. The number of carbonyl (C=O) groups is 2. The average Bonchev–Trinajstić information content (AvgIpc) is 3.11. The summed E-state index contributed by atoms with van der Waals surface area (Å²) in [6, 6.07) is 16.3. The Morgan fingerprint density at radius 2 is 1.89 bits per heavy atom. The van der Waals surface area contributed by atoms with E-state index in [2.05, 4.69) is 16.5 Å². The Morgan fingerprint density at radius 1 is 1.07 bits per heavy atom. The van der Waals surface area contributed by atoms with Crippen LogP contribution in [-0.4, -0.2) is 23.5 Å². The molecule has 0 unspecified atom stereocenters. The predicted molar refractivity (Wildman–Crippen MR) is 102 cm³/mol. The number of anilines is 2. The van der Waals surface area contributed by atoms with Crippen LogP contribution in [0, 0.1) is 6.92 Å². The Bertz CT molecular complexity index is 1010. The number of rotatable bonds is 3.